The van der Waals surface area contributed by atoms with Gasteiger partial charge in [0.1, 0.15) is 23.0 Å². The predicted octanol–water partition coefficient (Wildman–Crippen LogP) is 6.50. The summed E-state index contributed by atoms with van der Waals surface area (Å²) in [6.07, 6.45) is -0.393. The molecule has 9 heteroatoms. The van der Waals surface area contributed by atoms with Crippen molar-refractivity contribution >= 4 is 22.6 Å². The van der Waals surface area contributed by atoms with Crippen LogP contribution in [-0.2, 0) is 17.8 Å². The van der Waals surface area contributed by atoms with Crippen LogP contribution in [-0.4, -0.2) is 21.7 Å². The van der Waals surface area contributed by atoms with Gasteiger partial charge in [-0.15, -0.1) is 0 Å². The molecule has 6 nitrogen and oxygen atoms in total. The lowest BCUT2D eigenvalue weighted by atomic mass is 9.98. The first-order valence-electron chi connectivity index (χ1n) is 12.0. The highest BCUT2D eigenvalue weighted by molar-refractivity contribution is 6.01. The highest BCUT2D eigenvalue weighted by Gasteiger charge is 2.22. The molecule has 4 rings (SSSR count). The molecule has 4 aromatic rings. The molecule has 0 spiro atoms. The number of ketones is 1. The molecule has 0 aliphatic heterocycles. The van der Waals surface area contributed by atoms with Crippen LogP contribution < -0.4 is 10.1 Å². The van der Waals surface area contributed by atoms with E-state index in [4.69, 9.17) is 4.74 Å². The molecule has 0 aliphatic carbocycles. The molecule has 0 aliphatic rings. The SMILES string of the molecule is Cc1cc(Oc2ccnc3c(CC(=O)c4cc(CNC(=O)C(C)C)cnc4C(F)F)cccc23)ccc1F. The maximum Gasteiger partial charge on any atom is 0.281 e. The first-order valence-corrected chi connectivity index (χ1v) is 12.0. The summed E-state index contributed by atoms with van der Waals surface area (Å²) in [5.41, 5.74) is 1.05. The molecule has 0 radical (unpaired) electrons. The second kappa shape index (κ2) is 11.4. The summed E-state index contributed by atoms with van der Waals surface area (Å²) >= 11 is 0. The Labute approximate surface area is 217 Å². The molecule has 0 saturated heterocycles. The van der Waals surface area contributed by atoms with Crippen molar-refractivity contribution in [2.75, 3.05) is 0 Å². The molecule has 0 fully saturated rings. The van der Waals surface area contributed by atoms with E-state index in [1.165, 1.54) is 30.6 Å². The monoisotopic (exact) mass is 521 g/mol. The van der Waals surface area contributed by atoms with Crippen LogP contribution in [0, 0.1) is 18.7 Å². The zero-order chi connectivity index (χ0) is 27.4. The number of rotatable bonds is 9. The number of nitrogens with zero attached hydrogens (tertiary/aromatic N) is 2. The smallest absolute Gasteiger partial charge is 0.281 e. The molecule has 0 saturated carbocycles. The van der Waals surface area contributed by atoms with E-state index >= 15 is 0 Å². The van der Waals surface area contributed by atoms with E-state index in [-0.39, 0.29) is 36.2 Å². The fourth-order valence-electron chi connectivity index (χ4n) is 3.93. The number of hydrogen-bond donors (Lipinski definition) is 1. The van der Waals surface area contributed by atoms with Gasteiger partial charge in [-0.3, -0.25) is 19.6 Å². The summed E-state index contributed by atoms with van der Waals surface area (Å²) in [4.78, 5) is 33.4. The van der Waals surface area contributed by atoms with Gasteiger partial charge in [0, 0.05) is 42.2 Å². The van der Waals surface area contributed by atoms with Crippen molar-refractivity contribution in [3.8, 4) is 11.5 Å². The van der Waals surface area contributed by atoms with Gasteiger partial charge in [-0.25, -0.2) is 13.2 Å². The van der Waals surface area contributed by atoms with Gasteiger partial charge < -0.3 is 10.1 Å². The normalized spacial score (nSPS) is 11.3. The molecule has 0 bridgehead atoms. The summed E-state index contributed by atoms with van der Waals surface area (Å²) in [5, 5.41) is 3.31. The number of carbonyl (C=O) groups is 2. The van der Waals surface area contributed by atoms with Crippen molar-refractivity contribution in [3.63, 3.8) is 0 Å². The van der Waals surface area contributed by atoms with E-state index in [0.29, 0.717) is 39.1 Å². The quantitative estimate of drug-likeness (QED) is 0.254. The number of amides is 1. The van der Waals surface area contributed by atoms with Crippen molar-refractivity contribution in [2.24, 2.45) is 5.92 Å². The van der Waals surface area contributed by atoms with E-state index in [9.17, 15) is 22.8 Å². The van der Waals surface area contributed by atoms with Crippen molar-refractivity contribution in [1.82, 2.24) is 15.3 Å². The number of aryl methyl sites for hydroxylation is 1. The molecule has 38 heavy (non-hydrogen) atoms. The number of hydrogen-bond acceptors (Lipinski definition) is 5. The third-order valence-corrected chi connectivity index (χ3v) is 6.00. The van der Waals surface area contributed by atoms with Gasteiger partial charge in [0.05, 0.1) is 5.52 Å². The van der Waals surface area contributed by atoms with E-state index < -0.39 is 17.9 Å². The van der Waals surface area contributed by atoms with Gasteiger partial charge in [0.2, 0.25) is 5.91 Å². The number of para-hydroxylation sites is 1. The number of fused-ring (bicyclic) bond motifs is 1. The molecular weight excluding hydrogens is 495 g/mol. The van der Waals surface area contributed by atoms with Crippen LogP contribution in [0.1, 0.15) is 53.0 Å². The van der Waals surface area contributed by atoms with Crippen LogP contribution >= 0.6 is 0 Å². The first-order chi connectivity index (χ1) is 18.1. The predicted molar refractivity (Wildman–Crippen MR) is 137 cm³/mol. The topological polar surface area (TPSA) is 81.2 Å². The molecule has 2 heterocycles. The van der Waals surface area contributed by atoms with Crippen LogP contribution in [0.25, 0.3) is 10.9 Å². The van der Waals surface area contributed by atoms with Crippen molar-refractivity contribution < 1.29 is 27.5 Å². The number of pyridine rings is 2. The van der Waals surface area contributed by atoms with Gasteiger partial charge in [-0.2, -0.15) is 0 Å². The van der Waals surface area contributed by atoms with Crippen molar-refractivity contribution in [2.45, 2.75) is 40.2 Å². The number of ether oxygens (including phenoxy) is 1. The summed E-state index contributed by atoms with van der Waals surface area (Å²) < 4.78 is 47.0. The zero-order valence-corrected chi connectivity index (χ0v) is 21.1. The first kappa shape index (κ1) is 26.8. The number of benzene rings is 2. The molecule has 2 aromatic heterocycles. The molecule has 1 amide bonds. The summed E-state index contributed by atoms with van der Waals surface area (Å²) in [6, 6.07) is 12.6. The summed E-state index contributed by atoms with van der Waals surface area (Å²) in [6.45, 7) is 5.16. The highest BCUT2D eigenvalue weighted by atomic mass is 19.3. The summed E-state index contributed by atoms with van der Waals surface area (Å²) in [7, 11) is 0. The van der Waals surface area contributed by atoms with Crippen LogP contribution in [0.15, 0.2) is 60.9 Å². The van der Waals surface area contributed by atoms with Crippen molar-refractivity contribution in [3.05, 3.63) is 94.7 Å². The average Bonchev–Trinajstić information content (AvgIpc) is 2.89. The number of halogens is 3. The maximum absolute atomic E-state index is 13.7. The lowest BCUT2D eigenvalue weighted by Gasteiger charge is -2.13. The van der Waals surface area contributed by atoms with Gasteiger partial charge in [0.25, 0.3) is 6.43 Å². The standard InChI is InChI=1S/C29H26F3N3O3/c1-16(2)29(37)35-15-18-12-22(27(28(31)32)34-14-18)24(36)13-19-5-4-6-21-25(9-10-33-26(19)21)38-20-7-8-23(30)17(3)11-20/h4-12,14,16,28H,13,15H2,1-3H3,(H,35,37). The van der Waals surface area contributed by atoms with Gasteiger partial charge in [-0.05, 0) is 60.0 Å². The minimum absolute atomic E-state index is 0.0627. The van der Waals surface area contributed by atoms with Crippen LogP contribution in [0.5, 0.6) is 11.5 Å². The van der Waals surface area contributed by atoms with Crippen LogP contribution in [0.2, 0.25) is 0 Å². The summed E-state index contributed by atoms with van der Waals surface area (Å²) in [5.74, 6) is -0.461. The minimum atomic E-state index is -2.95. The van der Waals surface area contributed by atoms with Gasteiger partial charge in [-0.1, -0.05) is 26.0 Å². The largest absolute Gasteiger partial charge is 0.457 e. The van der Waals surface area contributed by atoms with E-state index in [2.05, 4.69) is 15.3 Å². The second-order valence-corrected chi connectivity index (χ2v) is 9.18. The van der Waals surface area contributed by atoms with E-state index in [1.54, 1.807) is 51.1 Å². The Bertz CT molecular complexity index is 1510. The molecule has 0 unspecified atom stereocenters. The van der Waals surface area contributed by atoms with E-state index in [0.717, 1.165) is 0 Å². The molecular formula is C29H26F3N3O3. The zero-order valence-electron chi connectivity index (χ0n) is 21.1. The number of aromatic nitrogens is 2. The van der Waals surface area contributed by atoms with Gasteiger partial charge >= 0.3 is 0 Å². The minimum Gasteiger partial charge on any atom is -0.457 e. The Morgan fingerprint density at radius 2 is 1.84 bits per heavy atom. The Morgan fingerprint density at radius 1 is 1.05 bits per heavy atom. The maximum atomic E-state index is 13.7. The Balaban J connectivity index is 1.63. The van der Waals surface area contributed by atoms with E-state index in [1.807, 2.05) is 0 Å². The average molecular weight is 522 g/mol. The molecule has 1 N–H and O–H groups in total. The Hall–Kier alpha value is -4.27. The lowest BCUT2D eigenvalue weighted by molar-refractivity contribution is -0.124. The third kappa shape index (κ3) is 5.99. The Morgan fingerprint density at radius 3 is 2.55 bits per heavy atom. The van der Waals surface area contributed by atoms with Crippen LogP contribution in [0.3, 0.4) is 0 Å². The second-order valence-electron chi connectivity index (χ2n) is 9.18. The molecule has 0 atom stereocenters. The highest BCUT2D eigenvalue weighted by Crippen LogP contribution is 2.32. The molecule has 196 valence electrons. The number of Topliss-reactive ketones (excluding diaryl/α,β-unsaturated/α-hetero) is 1. The van der Waals surface area contributed by atoms with Crippen molar-refractivity contribution in [1.29, 1.82) is 0 Å². The fourth-order valence-corrected chi connectivity index (χ4v) is 3.93. The number of nitrogens with one attached hydrogen (secondary N) is 1. The number of carbonyl (C=O) groups excluding carboxylic acids is 2. The van der Waals surface area contributed by atoms with Crippen LogP contribution in [0.4, 0.5) is 13.2 Å². The van der Waals surface area contributed by atoms with Gasteiger partial charge in [0.15, 0.2) is 5.78 Å². The fraction of sp³-hybridized carbons (Fsp3) is 0.241. The number of alkyl halides is 2. The Kier molecular flexibility index (Phi) is 8.05. The molecule has 2 aromatic carbocycles. The lowest BCUT2D eigenvalue weighted by Crippen LogP contribution is -2.27. The third-order valence-electron chi connectivity index (χ3n) is 6.00.